The Morgan fingerprint density at radius 3 is 2.52 bits per heavy atom. The van der Waals surface area contributed by atoms with Crippen LogP contribution in [0.5, 0.6) is 5.75 Å². The van der Waals surface area contributed by atoms with Gasteiger partial charge in [0.05, 0.1) is 17.6 Å². The van der Waals surface area contributed by atoms with Gasteiger partial charge in [0.1, 0.15) is 10.6 Å². The number of thiophene rings is 1. The van der Waals surface area contributed by atoms with Crippen molar-refractivity contribution in [1.29, 1.82) is 0 Å². The molecular formula is C19H21N3O7S2. The molecule has 1 saturated heterocycles. The summed E-state index contributed by atoms with van der Waals surface area (Å²) in [6.07, 6.45) is 1.53. The van der Waals surface area contributed by atoms with E-state index in [2.05, 4.69) is 10.9 Å². The van der Waals surface area contributed by atoms with Crippen molar-refractivity contribution >= 4 is 39.1 Å². The highest BCUT2D eigenvalue weighted by atomic mass is 32.2. The molecule has 2 N–H and O–H groups in total. The minimum Gasteiger partial charge on any atom is -0.495 e. The number of hydrogen-bond acceptors (Lipinski definition) is 8. The second kappa shape index (κ2) is 9.90. The van der Waals surface area contributed by atoms with Gasteiger partial charge in [0.25, 0.3) is 11.8 Å². The van der Waals surface area contributed by atoms with Crippen LogP contribution < -0.4 is 15.6 Å². The van der Waals surface area contributed by atoms with Crippen molar-refractivity contribution in [3.05, 3.63) is 46.2 Å². The lowest BCUT2D eigenvalue weighted by molar-refractivity contribution is -0.125. The molecule has 166 valence electrons. The van der Waals surface area contributed by atoms with E-state index in [-0.39, 0.29) is 16.2 Å². The van der Waals surface area contributed by atoms with Crippen molar-refractivity contribution in [2.45, 2.75) is 17.7 Å². The SMILES string of the molecule is COc1ccc(C(=O)OCC(=O)NNC(=O)c2cccs2)cc1S(=O)(=O)N1CCCC1. The van der Waals surface area contributed by atoms with Gasteiger partial charge < -0.3 is 9.47 Å². The van der Waals surface area contributed by atoms with Gasteiger partial charge in [-0.3, -0.25) is 20.4 Å². The molecule has 2 heterocycles. The number of esters is 1. The molecule has 0 radical (unpaired) electrons. The van der Waals surface area contributed by atoms with Crippen LogP contribution in [0.4, 0.5) is 0 Å². The summed E-state index contributed by atoms with van der Waals surface area (Å²) < 4.78 is 37.2. The maximum Gasteiger partial charge on any atom is 0.338 e. The third kappa shape index (κ3) is 5.40. The molecule has 0 unspecified atom stereocenters. The van der Waals surface area contributed by atoms with Crippen molar-refractivity contribution in [3.63, 3.8) is 0 Å². The van der Waals surface area contributed by atoms with Crippen molar-refractivity contribution in [2.75, 3.05) is 26.8 Å². The molecule has 1 fully saturated rings. The van der Waals surface area contributed by atoms with E-state index in [1.807, 2.05) is 0 Å². The lowest BCUT2D eigenvalue weighted by atomic mass is 10.2. The van der Waals surface area contributed by atoms with E-state index < -0.39 is 34.4 Å². The number of rotatable bonds is 7. The molecule has 3 rings (SSSR count). The van der Waals surface area contributed by atoms with Crippen LogP contribution in [-0.2, 0) is 19.6 Å². The second-order valence-corrected chi connectivity index (χ2v) is 9.39. The van der Waals surface area contributed by atoms with E-state index >= 15 is 0 Å². The van der Waals surface area contributed by atoms with E-state index in [4.69, 9.17) is 9.47 Å². The highest BCUT2D eigenvalue weighted by molar-refractivity contribution is 7.89. The first-order valence-corrected chi connectivity index (χ1v) is 11.6. The summed E-state index contributed by atoms with van der Waals surface area (Å²) in [5, 5.41) is 1.71. The molecule has 12 heteroatoms. The number of ether oxygens (including phenoxy) is 2. The molecule has 0 aliphatic carbocycles. The summed E-state index contributed by atoms with van der Waals surface area (Å²) in [7, 11) is -2.50. The zero-order valence-corrected chi connectivity index (χ0v) is 18.3. The fourth-order valence-electron chi connectivity index (χ4n) is 2.92. The van der Waals surface area contributed by atoms with Crippen molar-refractivity contribution < 1.29 is 32.3 Å². The number of hydrazine groups is 1. The van der Waals surface area contributed by atoms with Gasteiger partial charge in [-0.25, -0.2) is 13.2 Å². The van der Waals surface area contributed by atoms with Crippen LogP contribution in [0.3, 0.4) is 0 Å². The van der Waals surface area contributed by atoms with Gasteiger partial charge in [-0.05, 0) is 42.5 Å². The van der Waals surface area contributed by atoms with Crippen molar-refractivity contribution in [3.8, 4) is 5.75 Å². The minimum absolute atomic E-state index is 0.0472. The Hall–Kier alpha value is -2.96. The Balaban J connectivity index is 1.62. The number of methoxy groups -OCH3 is 1. The molecule has 2 amide bonds. The molecule has 1 aliphatic heterocycles. The quantitative estimate of drug-likeness (QED) is 0.461. The monoisotopic (exact) mass is 467 g/mol. The number of amides is 2. The fraction of sp³-hybridized carbons (Fsp3) is 0.316. The Morgan fingerprint density at radius 2 is 1.87 bits per heavy atom. The minimum atomic E-state index is -3.83. The van der Waals surface area contributed by atoms with Gasteiger partial charge in [-0.2, -0.15) is 4.31 Å². The zero-order valence-electron chi connectivity index (χ0n) is 16.6. The lowest BCUT2D eigenvalue weighted by Crippen LogP contribution is -2.43. The summed E-state index contributed by atoms with van der Waals surface area (Å²) in [6, 6.07) is 7.16. The average molecular weight is 468 g/mol. The number of carbonyl (C=O) groups is 3. The van der Waals surface area contributed by atoms with Crippen LogP contribution in [0.25, 0.3) is 0 Å². The topological polar surface area (TPSA) is 131 Å². The predicted octanol–water partition coefficient (Wildman–Crippen LogP) is 1.16. The molecule has 31 heavy (non-hydrogen) atoms. The van der Waals surface area contributed by atoms with Gasteiger partial charge in [0.15, 0.2) is 6.61 Å². The molecule has 1 aromatic heterocycles. The van der Waals surface area contributed by atoms with E-state index in [1.165, 1.54) is 41.0 Å². The van der Waals surface area contributed by atoms with Crippen molar-refractivity contribution in [2.24, 2.45) is 0 Å². The fourth-order valence-corrected chi connectivity index (χ4v) is 5.24. The summed E-state index contributed by atoms with van der Waals surface area (Å²) >= 11 is 1.20. The Kier molecular flexibility index (Phi) is 7.25. The standard InChI is InChI=1S/C19H21N3O7S2/c1-28-14-7-6-13(11-16(14)31(26,27)22-8-2-3-9-22)19(25)29-12-17(23)20-21-18(24)15-5-4-10-30-15/h4-7,10-11H,2-3,8-9,12H2,1H3,(H,20,23)(H,21,24). The third-order valence-corrected chi connectivity index (χ3v) is 7.27. The number of hydrogen-bond donors (Lipinski definition) is 2. The molecule has 0 atom stereocenters. The van der Waals surface area contributed by atoms with Crippen LogP contribution in [-0.4, -0.2) is 57.3 Å². The van der Waals surface area contributed by atoms with Crippen LogP contribution in [0, 0.1) is 0 Å². The summed E-state index contributed by atoms with van der Waals surface area (Å²) in [4.78, 5) is 36.2. The largest absolute Gasteiger partial charge is 0.495 e. The number of nitrogens with one attached hydrogen (secondary N) is 2. The Bertz CT molecular complexity index is 1060. The average Bonchev–Trinajstić information content (AvgIpc) is 3.49. The van der Waals surface area contributed by atoms with Crippen LogP contribution in [0.15, 0.2) is 40.6 Å². The van der Waals surface area contributed by atoms with Crippen LogP contribution in [0.2, 0.25) is 0 Å². The first kappa shape index (κ1) is 22.7. The van der Waals surface area contributed by atoms with Gasteiger partial charge in [0, 0.05) is 13.1 Å². The van der Waals surface area contributed by atoms with Crippen molar-refractivity contribution in [1.82, 2.24) is 15.2 Å². The highest BCUT2D eigenvalue weighted by Gasteiger charge is 2.31. The normalized spacial score (nSPS) is 14.1. The highest BCUT2D eigenvalue weighted by Crippen LogP contribution is 2.30. The first-order valence-electron chi connectivity index (χ1n) is 9.31. The molecule has 0 spiro atoms. The Labute approximate surface area is 183 Å². The van der Waals surface area contributed by atoms with E-state index in [1.54, 1.807) is 17.5 Å². The maximum atomic E-state index is 12.9. The molecular weight excluding hydrogens is 446 g/mol. The zero-order chi connectivity index (χ0) is 22.4. The molecule has 1 aromatic carbocycles. The number of nitrogens with zero attached hydrogens (tertiary/aromatic N) is 1. The number of sulfonamides is 1. The van der Waals surface area contributed by atoms with E-state index in [0.29, 0.717) is 18.0 Å². The van der Waals surface area contributed by atoms with E-state index in [0.717, 1.165) is 12.8 Å². The molecule has 0 bridgehead atoms. The number of benzene rings is 1. The molecule has 2 aromatic rings. The Morgan fingerprint density at radius 1 is 1.13 bits per heavy atom. The third-order valence-electron chi connectivity index (χ3n) is 4.48. The lowest BCUT2D eigenvalue weighted by Gasteiger charge is -2.18. The second-order valence-electron chi connectivity index (χ2n) is 6.53. The van der Waals surface area contributed by atoms with Crippen LogP contribution in [0.1, 0.15) is 32.9 Å². The summed E-state index contributed by atoms with van der Waals surface area (Å²) in [6.45, 7) is 0.138. The molecule has 1 aliphatic rings. The molecule has 10 nitrogen and oxygen atoms in total. The predicted molar refractivity (Wildman–Crippen MR) is 111 cm³/mol. The van der Waals surface area contributed by atoms with Gasteiger partial charge in [-0.1, -0.05) is 6.07 Å². The first-order chi connectivity index (χ1) is 14.8. The summed E-state index contributed by atoms with van der Waals surface area (Å²) in [5.41, 5.74) is 4.29. The number of carbonyl (C=O) groups excluding carboxylic acids is 3. The molecule has 0 saturated carbocycles. The van der Waals surface area contributed by atoms with Crippen LogP contribution >= 0.6 is 11.3 Å². The van der Waals surface area contributed by atoms with Gasteiger partial charge in [-0.15, -0.1) is 11.3 Å². The smallest absolute Gasteiger partial charge is 0.338 e. The van der Waals surface area contributed by atoms with E-state index in [9.17, 15) is 22.8 Å². The maximum absolute atomic E-state index is 12.9. The van der Waals surface area contributed by atoms with Gasteiger partial charge >= 0.3 is 5.97 Å². The van der Waals surface area contributed by atoms with Gasteiger partial charge in [0.2, 0.25) is 10.0 Å². The summed E-state index contributed by atoms with van der Waals surface area (Å²) in [5.74, 6) is -2.03.